The molecule has 0 radical (unpaired) electrons. The molecule has 2 aromatic carbocycles. The second kappa shape index (κ2) is 5.06. The van der Waals surface area contributed by atoms with Gasteiger partial charge in [0.05, 0.1) is 0 Å². The van der Waals surface area contributed by atoms with Crippen molar-refractivity contribution >= 4 is 24.0 Å². The van der Waals surface area contributed by atoms with E-state index < -0.39 is 0 Å². The van der Waals surface area contributed by atoms with Gasteiger partial charge in [-0.2, -0.15) is 0 Å². The van der Waals surface area contributed by atoms with E-state index in [1.165, 1.54) is 6.07 Å². The second-order valence-electron chi connectivity index (χ2n) is 5.49. The van der Waals surface area contributed by atoms with Crippen LogP contribution in [0.5, 0.6) is 17.2 Å². The highest BCUT2D eigenvalue weighted by Gasteiger charge is 2.32. The predicted octanol–water partition coefficient (Wildman–Crippen LogP) is 2.83. The molecule has 0 amide bonds. The molecular formula is C16H16INO3. The number of nitrogens with one attached hydrogen (secondary N) is 1. The number of rotatable bonds is 0. The second-order valence-corrected chi connectivity index (χ2v) is 5.49. The summed E-state index contributed by atoms with van der Waals surface area (Å²) in [6, 6.07) is 7.05. The Morgan fingerprint density at radius 2 is 1.86 bits per heavy atom. The van der Waals surface area contributed by atoms with Crippen molar-refractivity contribution in [2.24, 2.45) is 0 Å². The Hall–Kier alpha value is -1.47. The number of hydrogen-bond acceptors (Lipinski definition) is 4. The number of phenolic OH excluding ortho intramolecular Hbond substituents is 3. The van der Waals surface area contributed by atoms with Gasteiger partial charge in [-0.25, -0.2) is 0 Å². The highest BCUT2D eigenvalue weighted by Crippen LogP contribution is 2.49. The van der Waals surface area contributed by atoms with Crippen LogP contribution in [0.15, 0.2) is 24.3 Å². The standard InChI is InChI=1S/C16H15NO3.HI/c18-10-5-9-3-4-17-12-6-8-1-2-13(19)16(20)15(8)11(7-10)14(9)12;/h1-2,5,7,12,17-20H,3-4,6H2;1H. The molecule has 0 aromatic heterocycles. The molecule has 5 heteroatoms. The fourth-order valence-electron chi connectivity index (χ4n) is 3.49. The Bertz CT molecular complexity index is 730. The van der Waals surface area contributed by atoms with E-state index in [0.717, 1.165) is 41.6 Å². The van der Waals surface area contributed by atoms with Gasteiger partial charge in [-0.3, -0.25) is 0 Å². The van der Waals surface area contributed by atoms with Crippen LogP contribution in [0.2, 0.25) is 0 Å². The van der Waals surface area contributed by atoms with Crippen molar-refractivity contribution in [1.82, 2.24) is 5.32 Å². The van der Waals surface area contributed by atoms with Crippen LogP contribution >= 0.6 is 24.0 Å². The maximum atomic E-state index is 10.2. The summed E-state index contributed by atoms with van der Waals surface area (Å²) in [4.78, 5) is 0. The van der Waals surface area contributed by atoms with Crippen molar-refractivity contribution in [2.45, 2.75) is 18.9 Å². The van der Waals surface area contributed by atoms with E-state index in [4.69, 9.17) is 0 Å². The summed E-state index contributed by atoms with van der Waals surface area (Å²) in [6.45, 7) is 0.889. The topological polar surface area (TPSA) is 72.7 Å². The Labute approximate surface area is 139 Å². The first-order chi connectivity index (χ1) is 9.65. The minimum atomic E-state index is -0.122. The maximum Gasteiger partial charge on any atom is 0.165 e. The summed E-state index contributed by atoms with van der Waals surface area (Å²) in [5, 5.41) is 33.4. The smallest absolute Gasteiger partial charge is 0.165 e. The third kappa shape index (κ3) is 2.06. The van der Waals surface area contributed by atoms with Gasteiger partial charge >= 0.3 is 0 Å². The van der Waals surface area contributed by atoms with Gasteiger partial charge in [-0.1, -0.05) is 6.07 Å². The molecule has 4 rings (SSSR count). The Morgan fingerprint density at radius 1 is 1.05 bits per heavy atom. The first-order valence-electron chi connectivity index (χ1n) is 6.78. The lowest BCUT2D eigenvalue weighted by atomic mass is 9.77. The van der Waals surface area contributed by atoms with E-state index in [-0.39, 0.29) is 47.3 Å². The van der Waals surface area contributed by atoms with Crippen molar-refractivity contribution in [1.29, 1.82) is 0 Å². The largest absolute Gasteiger partial charge is 0.508 e. The zero-order valence-electron chi connectivity index (χ0n) is 11.3. The molecular weight excluding hydrogens is 381 g/mol. The Balaban J connectivity index is 0.00000132. The number of aromatic hydroxyl groups is 3. The number of phenols is 3. The van der Waals surface area contributed by atoms with E-state index >= 15 is 0 Å². The minimum absolute atomic E-state index is 0. The summed E-state index contributed by atoms with van der Waals surface area (Å²) in [5.74, 6) is -0.0163. The molecule has 1 atom stereocenters. The van der Waals surface area contributed by atoms with Crippen LogP contribution in [0.3, 0.4) is 0 Å². The van der Waals surface area contributed by atoms with Crippen LogP contribution in [0, 0.1) is 0 Å². The molecule has 4 nitrogen and oxygen atoms in total. The fourth-order valence-corrected chi connectivity index (χ4v) is 3.49. The summed E-state index contributed by atoms with van der Waals surface area (Å²) in [6.07, 6.45) is 1.65. The van der Waals surface area contributed by atoms with Crippen molar-refractivity contribution < 1.29 is 15.3 Å². The van der Waals surface area contributed by atoms with Crippen LogP contribution < -0.4 is 5.32 Å². The van der Waals surface area contributed by atoms with Gasteiger partial charge in [0, 0.05) is 11.6 Å². The van der Waals surface area contributed by atoms with Gasteiger partial charge in [0.1, 0.15) is 5.75 Å². The highest BCUT2D eigenvalue weighted by molar-refractivity contribution is 14.0. The molecule has 4 N–H and O–H groups in total. The molecule has 0 saturated heterocycles. The SMILES string of the molecule is I.Oc1cc2c3c(c1)-c1c(ccc(O)c1O)CC3NCC2. The summed E-state index contributed by atoms with van der Waals surface area (Å²) >= 11 is 0. The molecule has 0 bridgehead atoms. The molecule has 2 aliphatic rings. The van der Waals surface area contributed by atoms with Crippen molar-refractivity contribution in [3.05, 3.63) is 41.0 Å². The van der Waals surface area contributed by atoms with E-state index in [1.54, 1.807) is 12.1 Å². The van der Waals surface area contributed by atoms with Crippen LogP contribution in [0.25, 0.3) is 11.1 Å². The average molecular weight is 397 g/mol. The van der Waals surface area contributed by atoms with Crippen LogP contribution in [0.1, 0.15) is 22.7 Å². The minimum Gasteiger partial charge on any atom is -0.508 e. The first kappa shape index (κ1) is 14.5. The molecule has 21 heavy (non-hydrogen) atoms. The lowest BCUT2D eigenvalue weighted by Gasteiger charge is -2.34. The number of benzene rings is 2. The van der Waals surface area contributed by atoms with Crippen LogP contribution in [-0.4, -0.2) is 21.9 Å². The lowest BCUT2D eigenvalue weighted by molar-refractivity contribution is 0.402. The highest BCUT2D eigenvalue weighted by atomic mass is 127. The van der Waals surface area contributed by atoms with E-state index in [1.807, 2.05) is 6.07 Å². The molecule has 0 saturated carbocycles. The van der Waals surface area contributed by atoms with E-state index in [9.17, 15) is 15.3 Å². The molecule has 1 unspecified atom stereocenters. The molecule has 110 valence electrons. The fraction of sp³-hybridized carbons (Fsp3) is 0.250. The molecule has 1 heterocycles. The summed E-state index contributed by atoms with van der Waals surface area (Å²) < 4.78 is 0. The van der Waals surface area contributed by atoms with Gasteiger partial charge in [0.15, 0.2) is 11.5 Å². The number of halogens is 1. The molecule has 1 aliphatic carbocycles. The number of fused-ring (bicyclic) bond motifs is 2. The van der Waals surface area contributed by atoms with Gasteiger partial charge in [0.2, 0.25) is 0 Å². The van der Waals surface area contributed by atoms with E-state index in [0.29, 0.717) is 5.56 Å². The number of hydrogen-bond donors (Lipinski definition) is 4. The Morgan fingerprint density at radius 3 is 2.67 bits per heavy atom. The zero-order chi connectivity index (χ0) is 13.9. The van der Waals surface area contributed by atoms with Gasteiger partial charge < -0.3 is 20.6 Å². The van der Waals surface area contributed by atoms with Crippen molar-refractivity contribution in [2.75, 3.05) is 6.54 Å². The molecule has 0 spiro atoms. The van der Waals surface area contributed by atoms with Crippen LogP contribution in [0.4, 0.5) is 0 Å². The third-order valence-corrected chi connectivity index (χ3v) is 4.32. The van der Waals surface area contributed by atoms with E-state index in [2.05, 4.69) is 5.32 Å². The van der Waals surface area contributed by atoms with Gasteiger partial charge in [0.25, 0.3) is 0 Å². The summed E-state index contributed by atoms with van der Waals surface area (Å²) in [5.41, 5.74) is 4.73. The lowest BCUT2D eigenvalue weighted by Crippen LogP contribution is -2.33. The first-order valence-corrected chi connectivity index (χ1v) is 6.78. The maximum absolute atomic E-state index is 10.2. The van der Waals surface area contributed by atoms with Crippen LogP contribution in [-0.2, 0) is 12.8 Å². The third-order valence-electron chi connectivity index (χ3n) is 4.32. The monoisotopic (exact) mass is 397 g/mol. The Kier molecular flexibility index (Phi) is 3.49. The molecule has 1 aliphatic heterocycles. The zero-order valence-corrected chi connectivity index (χ0v) is 13.6. The molecule has 0 fully saturated rings. The van der Waals surface area contributed by atoms with Gasteiger partial charge in [-0.05, 0) is 59.8 Å². The van der Waals surface area contributed by atoms with Crippen molar-refractivity contribution in [3.63, 3.8) is 0 Å². The summed E-state index contributed by atoms with van der Waals surface area (Å²) in [7, 11) is 0. The average Bonchev–Trinajstić information content (AvgIpc) is 2.42. The van der Waals surface area contributed by atoms with Gasteiger partial charge in [-0.15, -0.1) is 24.0 Å². The normalized spacial score (nSPS) is 18.4. The molecule has 2 aromatic rings. The van der Waals surface area contributed by atoms with Crippen molar-refractivity contribution in [3.8, 4) is 28.4 Å². The predicted molar refractivity (Wildman–Crippen MR) is 90.4 cm³/mol. The quantitative estimate of drug-likeness (QED) is 0.408.